The van der Waals surface area contributed by atoms with Crippen molar-refractivity contribution in [2.45, 2.75) is 46.3 Å². The Morgan fingerprint density at radius 2 is 2.06 bits per heavy atom. The highest BCUT2D eigenvalue weighted by molar-refractivity contribution is 5.74. The van der Waals surface area contributed by atoms with Crippen LogP contribution in [0.15, 0.2) is 12.2 Å². The number of hydrogen-bond donors (Lipinski definition) is 0. The molecule has 0 aromatic rings. The van der Waals surface area contributed by atoms with Gasteiger partial charge in [-0.1, -0.05) is 26.0 Å². The van der Waals surface area contributed by atoms with Gasteiger partial charge in [0, 0.05) is 0 Å². The number of ether oxygens (including phenoxy) is 2. The minimum atomic E-state index is -0.417. The highest BCUT2D eigenvalue weighted by Crippen LogP contribution is 2.43. The van der Waals surface area contributed by atoms with Crippen molar-refractivity contribution in [3.05, 3.63) is 12.2 Å². The van der Waals surface area contributed by atoms with E-state index >= 15 is 0 Å². The van der Waals surface area contributed by atoms with E-state index in [4.69, 9.17) is 9.47 Å². The first-order chi connectivity index (χ1) is 8.56. The molecule has 0 aromatic carbocycles. The van der Waals surface area contributed by atoms with Gasteiger partial charge in [-0.05, 0) is 43.9 Å². The second-order valence-corrected chi connectivity index (χ2v) is 5.94. The van der Waals surface area contributed by atoms with Crippen LogP contribution in [0.1, 0.15) is 40.0 Å². The summed E-state index contributed by atoms with van der Waals surface area (Å²) in [4.78, 5) is 12.0. The van der Waals surface area contributed by atoms with E-state index in [1.807, 2.05) is 0 Å². The summed E-state index contributed by atoms with van der Waals surface area (Å²) in [6, 6.07) is 0. The minimum Gasteiger partial charge on any atom is -0.436 e. The Hall–Kier alpha value is -0.830. The van der Waals surface area contributed by atoms with E-state index in [1.165, 1.54) is 0 Å². The fourth-order valence-corrected chi connectivity index (χ4v) is 2.81. The van der Waals surface area contributed by atoms with Crippen LogP contribution in [0.2, 0.25) is 0 Å². The predicted molar refractivity (Wildman–Crippen MR) is 69.8 cm³/mol. The molecule has 0 heterocycles. The topological polar surface area (TPSA) is 35.5 Å². The van der Waals surface area contributed by atoms with Crippen molar-refractivity contribution in [2.75, 3.05) is 6.61 Å². The lowest BCUT2D eigenvalue weighted by molar-refractivity contribution is -0.180. The van der Waals surface area contributed by atoms with Gasteiger partial charge in [0.2, 0.25) is 0 Å². The summed E-state index contributed by atoms with van der Waals surface area (Å²) >= 11 is 0. The van der Waals surface area contributed by atoms with Gasteiger partial charge in [-0.25, -0.2) is 0 Å². The largest absolute Gasteiger partial charge is 0.436 e. The van der Waals surface area contributed by atoms with Crippen molar-refractivity contribution >= 4 is 5.97 Å². The third-order valence-electron chi connectivity index (χ3n) is 3.91. The van der Waals surface area contributed by atoms with E-state index in [2.05, 4.69) is 26.0 Å². The summed E-state index contributed by atoms with van der Waals surface area (Å²) < 4.78 is 10.9. The standard InChI is InChI=1S/C15H24O3/c1-10(2)6-7-17-11(3)18-15(16)14-9-12-4-5-13(14)8-12/h4-5,10-14H,6-9H2,1-3H3. The van der Waals surface area contributed by atoms with Crippen molar-refractivity contribution in [1.82, 2.24) is 0 Å². The molecule has 3 heteroatoms. The molecular formula is C15H24O3. The maximum absolute atomic E-state index is 12.0. The minimum absolute atomic E-state index is 0.0659. The molecular weight excluding hydrogens is 228 g/mol. The van der Waals surface area contributed by atoms with Gasteiger partial charge in [0.1, 0.15) is 0 Å². The van der Waals surface area contributed by atoms with Gasteiger partial charge < -0.3 is 9.47 Å². The first kappa shape index (κ1) is 13.6. The van der Waals surface area contributed by atoms with Crippen LogP contribution in [0.3, 0.4) is 0 Å². The quantitative estimate of drug-likeness (QED) is 0.414. The van der Waals surface area contributed by atoms with Crippen LogP contribution in [0.4, 0.5) is 0 Å². The third-order valence-corrected chi connectivity index (χ3v) is 3.91. The highest BCUT2D eigenvalue weighted by atomic mass is 16.7. The van der Waals surface area contributed by atoms with Crippen molar-refractivity contribution < 1.29 is 14.3 Å². The van der Waals surface area contributed by atoms with Crippen LogP contribution in [0, 0.1) is 23.7 Å². The maximum atomic E-state index is 12.0. The second kappa shape index (κ2) is 5.87. The summed E-state index contributed by atoms with van der Waals surface area (Å²) in [7, 11) is 0. The number of carbonyl (C=O) groups is 1. The van der Waals surface area contributed by atoms with Crippen LogP contribution in [0.5, 0.6) is 0 Å². The molecule has 0 radical (unpaired) electrons. The van der Waals surface area contributed by atoms with E-state index in [0.29, 0.717) is 24.4 Å². The number of rotatable bonds is 6. The Labute approximate surface area is 110 Å². The van der Waals surface area contributed by atoms with Gasteiger partial charge in [0.05, 0.1) is 12.5 Å². The van der Waals surface area contributed by atoms with Crippen LogP contribution >= 0.6 is 0 Å². The van der Waals surface area contributed by atoms with Crippen molar-refractivity contribution in [1.29, 1.82) is 0 Å². The molecule has 2 aliphatic rings. The lowest BCUT2D eigenvalue weighted by Crippen LogP contribution is -2.27. The molecule has 2 rings (SSSR count). The molecule has 3 nitrogen and oxygen atoms in total. The number of hydrogen-bond acceptors (Lipinski definition) is 3. The Morgan fingerprint density at radius 3 is 2.61 bits per heavy atom. The van der Waals surface area contributed by atoms with Gasteiger partial charge in [-0.15, -0.1) is 0 Å². The molecule has 0 saturated heterocycles. The predicted octanol–water partition coefficient (Wildman–Crippen LogP) is 3.15. The number of allylic oxidation sites excluding steroid dienone is 2. The number of esters is 1. The zero-order chi connectivity index (χ0) is 13.1. The Balaban J connectivity index is 1.69. The Morgan fingerprint density at radius 1 is 1.28 bits per heavy atom. The summed E-state index contributed by atoms with van der Waals surface area (Å²) in [5, 5.41) is 0. The number of fused-ring (bicyclic) bond motifs is 2. The molecule has 0 N–H and O–H groups in total. The molecule has 0 spiro atoms. The van der Waals surface area contributed by atoms with Gasteiger partial charge in [-0.3, -0.25) is 4.79 Å². The van der Waals surface area contributed by atoms with E-state index in [0.717, 1.165) is 19.3 Å². The molecule has 18 heavy (non-hydrogen) atoms. The fourth-order valence-electron chi connectivity index (χ4n) is 2.81. The van der Waals surface area contributed by atoms with Crippen molar-refractivity contribution in [2.24, 2.45) is 23.7 Å². The average molecular weight is 252 g/mol. The van der Waals surface area contributed by atoms with Gasteiger partial charge in [0.25, 0.3) is 0 Å². The Bertz CT molecular complexity index is 322. The van der Waals surface area contributed by atoms with E-state index in [1.54, 1.807) is 6.92 Å². The maximum Gasteiger partial charge on any atom is 0.311 e. The lowest BCUT2D eigenvalue weighted by Gasteiger charge is -2.20. The lowest BCUT2D eigenvalue weighted by atomic mass is 9.94. The first-order valence-electron chi connectivity index (χ1n) is 7.06. The molecule has 102 valence electrons. The zero-order valence-electron chi connectivity index (χ0n) is 11.6. The molecule has 1 saturated carbocycles. The molecule has 2 aliphatic carbocycles. The summed E-state index contributed by atoms with van der Waals surface area (Å²) in [5.74, 6) is 1.61. The van der Waals surface area contributed by atoms with E-state index in [9.17, 15) is 4.79 Å². The van der Waals surface area contributed by atoms with Crippen LogP contribution in [-0.2, 0) is 14.3 Å². The van der Waals surface area contributed by atoms with Gasteiger partial charge in [-0.2, -0.15) is 0 Å². The second-order valence-electron chi connectivity index (χ2n) is 5.94. The monoisotopic (exact) mass is 252 g/mol. The number of carbonyl (C=O) groups excluding carboxylic acids is 1. The highest BCUT2D eigenvalue weighted by Gasteiger charge is 2.41. The van der Waals surface area contributed by atoms with Crippen LogP contribution < -0.4 is 0 Å². The first-order valence-corrected chi connectivity index (χ1v) is 7.06. The van der Waals surface area contributed by atoms with Crippen LogP contribution in [0.25, 0.3) is 0 Å². The smallest absolute Gasteiger partial charge is 0.311 e. The summed E-state index contributed by atoms with van der Waals surface area (Å²) in [6.45, 7) is 6.77. The molecule has 0 aromatic heterocycles. The summed E-state index contributed by atoms with van der Waals surface area (Å²) in [5.41, 5.74) is 0. The van der Waals surface area contributed by atoms with Crippen molar-refractivity contribution in [3.63, 3.8) is 0 Å². The average Bonchev–Trinajstić information content (AvgIpc) is 2.89. The van der Waals surface area contributed by atoms with Gasteiger partial charge in [0.15, 0.2) is 6.29 Å². The van der Waals surface area contributed by atoms with Crippen molar-refractivity contribution in [3.8, 4) is 0 Å². The fraction of sp³-hybridized carbons (Fsp3) is 0.800. The molecule has 4 atom stereocenters. The zero-order valence-corrected chi connectivity index (χ0v) is 11.6. The Kier molecular flexibility index (Phi) is 4.44. The van der Waals surface area contributed by atoms with Crippen LogP contribution in [-0.4, -0.2) is 18.9 Å². The third kappa shape index (κ3) is 3.35. The summed E-state index contributed by atoms with van der Waals surface area (Å²) in [6.07, 6.45) is 7.07. The normalized spacial score (nSPS) is 31.0. The van der Waals surface area contributed by atoms with E-state index in [-0.39, 0.29) is 11.9 Å². The molecule has 0 amide bonds. The molecule has 1 fully saturated rings. The molecule has 4 unspecified atom stereocenters. The molecule has 2 bridgehead atoms. The van der Waals surface area contributed by atoms with Gasteiger partial charge >= 0.3 is 5.97 Å². The molecule has 0 aliphatic heterocycles. The van der Waals surface area contributed by atoms with E-state index < -0.39 is 6.29 Å². The SMILES string of the molecule is CC(C)CCOC(C)OC(=O)C1CC2C=CC1C2.